The van der Waals surface area contributed by atoms with Crippen molar-refractivity contribution in [1.29, 1.82) is 0 Å². The summed E-state index contributed by atoms with van der Waals surface area (Å²) in [7, 11) is 0. The van der Waals surface area contributed by atoms with E-state index in [1.165, 1.54) is 0 Å². The molecule has 1 atom stereocenters. The summed E-state index contributed by atoms with van der Waals surface area (Å²) in [5.41, 5.74) is 0.0888. The molecule has 0 spiro atoms. The molecule has 1 fully saturated rings. The van der Waals surface area contributed by atoms with Gasteiger partial charge in [-0.15, -0.1) is 0 Å². The van der Waals surface area contributed by atoms with Crippen molar-refractivity contribution in [1.82, 2.24) is 14.7 Å². The number of hydrogen-bond donors (Lipinski definition) is 3. The van der Waals surface area contributed by atoms with Crippen molar-refractivity contribution in [2.75, 3.05) is 70.5 Å². The first-order valence-electron chi connectivity index (χ1n) is 8.43. The van der Waals surface area contributed by atoms with Crippen molar-refractivity contribution in [3.8, 4) is 0 Å². The first-order chi connectivity index (χ1) is 10.4. The molecule has 0 aliphatic carbocycles. The molecule has 0 aromatic heterocycles. The van der Waals surface area contributed by atoms with Gasteiger partial charge in [-0.2, -0.15) is 25.3 Å². The molecule has 1 rings (SSSR count). The van der Waals surface area contributed by atoms with E-state index in [0.29, 0.717) is 0 Å². The molecule has 0 amide bonds. The largest absolute Gasteiger partial charge is 0.395 e. The van der Waals surface area contributed by atoms with Gasteiger partial charge in [-0.05, 0) is 5.41 Å². The summed E-state index contributed by atoms with van der Waals surface area (Å²) in [6.45, 7) is 15.3. The second kappa shape index (κ2) is 10.4. The summed E-state index contributed by atoms with van der Waals surface area (Å²) in [5.74, 6) is 1.80. The zero-order chi connectivity index (χ0) is 16.6. The van der Waals surface area contributed by atoms with Gasteiger partial charge in [0.05, 0.1) is 6.61 Å². The van der Waals surface area contributed by atoms with E-state index in [1.807, 2.05) is 0 Å². The summed E-state index contributed by atoms with van der Waals surface area (Å²) in [6, 6.07) is 0.210. The Morgan fingerprint density at radius 2 is 1.27 bits per heavy atom. The highest BCUT2D eigenvalue weighted by molar-refractivity contribution is 7.80. The van der Waals surface area contributed by atoms with Crippen LogP contribution in [-0.2, 0) is 0 Å². The first-order valence-corrected chi connectivity index (χ1v) is 9.70. The van der Waals surface area contributed by atoms with Gasteiger partial charge in [0.15, 0.2) is 0 Å². The predicted octanol–water partition coefficient (Wildman–Crippen LogP) is 1.17. The quantitative estimate of drug-likeness (QED) is 0.628. The monoisotopic (exact) mass is 349 g/mol. The molecule has 0 bridgehead atoms. The summed E-state index contributed by atoms with van der Waals surface area (Å²) in [6.07, 6.45) is 0. The standard InChI is InChI=1S/C16H35N3OS2/c1-16(2,3)15(14-20)19-8-6-17(10-12-21)4-5-18(7-9-19)11-13-22/h15,20-22H,4-14H2,1-3H3. The van der Waals surface area contributed by atoms with Crippen molar-refractivity contribution >= 4 is 25.3 Å². The van der Waals surface area contributed by atoms with Crippen molar-refractivity contribution < 1.29 is 5.11 Å². The topological polar surface area (TPSA) is 30.0 Å². The Hall–Kier alpha value is 0.540. The molecule has 132 valence electrons. The Balaban J connectivity index is 2.79. The van der Waals surface area contributed by atoms with Gasteiger partial charge in [-0.1, -0.05) is 20.8 Å². The van der Waals surface area contributed by atoms with Gasteiger partial charge < -0.3 is 5.11 Å². The van der Waals surface area contributed by atoms with Crippen LogP contribution < -0.4 is 0 Å². The summed E-state index contributed by atoms with van der Waals surface area (Å²) < 4.78 is 0. The van der Waals surface area contributed by atoms with Crippen LogP contribution in [0.3, 0.4) is 0 Å². The molecule has 0 saturated carbocycles. The van der Waals surface area contributed by atoms with Crippen LogP contribution in [0.2, 0.25) is 0 Å². The van der Waals surface area contributed by atoms with Gasteiger partial charge in [0.25, 0.3) is 0 Å². The number of hydrogen-bond acceptors (Lipinski definition) is 6. The lowest BCUT2D eigenvalue weighted by Gasteiger charge is -2.40. The molecule has 0 radical (unpaired) electrons. The highest BCUT2D eigenvalue weighted by atomic mass is 32.1. The second-order valence-corrected chi connectivity index (χ2v) is 8.13. The molecule has 0 aromatic rings. The molecule has 4 nitrogen and oxygen atoms in total. The second-order valence-electron chi connectivity index (χ2n) is 7.23. The Kier molecular flexibility index (Phi) is 9.74. The third-order valence-corrected chi connectivity index (χ3v) is 4.99. The summed E-state index contributed by atoms with van der Waals surface area (Å²) >= 11 is 8.78. The van der Waals surface area contributed by atoms with E-state index in [2.05, 4.69) is 60.7 Å². The molecule has 1 aliphatic rings. The smallest absolute Gasteiger partial charge is 0.0591 e. The fourth-order valence-corrected chi connectivity index (χ4v) is 3.70. The zero-order valence-electron chi connectivity index (χ0n) is 14.5. The number of rotatable bonds is 6. The van der Waals surface area contributed by atoms with Crippen molar-refractivity contribution in [3.63, 3.8) is 0 Å². The number of thiol groups is 2. The SMILES string of the molecule is CC(C)(C)C(CO)N1CCN(CCS)CCN(CCS)CC1. The Morgan fingerprint density at radius 1 is 0.864 bits per heavy atom. The maximum atomic E-state index is 9.89. The molecule has 1 saturated heterocycles. The lowest BCUT2D eigenvalue weighted by molar-refractivity contribution is 0.0409. The molecule has 0 aromatic carbocycles. The minimum atomic E-state index is 0.0888. The number of aliphatic hydroxyl groups excluding tert-OH is 1. The number of aliphatic hydroxyl groups is 1. The average Bonchev–Trinajstić information content (AvgIpc) is 2.53. The number of nitrogens with zero attached hydrogens (tertiary/aromatic N) is 3. The molecule has 1 aliphatic heterocycles. The van der Waals surface area contributed by atoms with Crippen LogP contribution in [0, 0.1) is 5.41 Å². The predicted molar refractivity (Wildman–Crippen MR) is 102 cm³/mol. The van der Waals surface area contributed by atoms with E-state index >= 15 is 0 Å². The third-order valence-electron chi connectivity index (χ3n) is 4.59. The first kappa shape index (κ1) is 20.6. The van der Waals surface area contributed by atoms with Crippen LogP contribution in [0.25, 0.3) is 0 Å². The Bertz CT molecular complexity index is 282. The van der Waals surface area contributed by atoms with E-state index in [1.54, 1.807) is 0 Å². The molecular weight excluding hydrogens is 314 g/mol. The van der Waals surface area contributed by atoms with Crippen LogP contribution in [-0.4, -0.2) is 96.3 Å². The average molecular weight is 350 g/mol. The third kappa shape index (κ3) is 6.97. The summed E-state index contributed by atoms with van der Waals surface area (Å²) in [4.78, 5) is 7.46. The lowest BCUT2D eigenvalue weighted by Crippen LogP contribution is -2.50. The van der Waals surface area contributed by atoms with E-state index in [0.717, 1.165) is 63.9 Å². The van der Waals surface area contributed by atoms with Gasteiger partial charge in [-0.3, -0.25) is 14.7 Å². The fraction of sp³-hybridized carbons (Fsp3) is 1.00. The van der Waals surface area contributed by atoms with Crippen molar-refractivity contribution in [3.05, 3.63) is 0 Å². The maximum Gasteiger partial charge on any atom is 0.0591 e. The van der Waals surface area contributed by atoms with Crippen LogP contribution in [0.4, 0.5) is 0 Å². The molecule has 1 N–H and O–H groups in total. The Morgan fingerprint density at radius 3 is 1.59 bits per heavy atom. The molecule has 1 heterocycles. The van der Waals surface area contributed by atoms with Crippen molar-refractivity contribution in [2.24, 2.45) is 5.41 Å². The molecule has 1 unspecified atom stereocenters. The molecule has 6 heteroatoms. The molecule has 22 heavy (non-hydrogen) atoms. The van der Waals surface area contributed by atoms with Crippen LogP contribution in [0.1, 0.15) is 20.8 Å². The maximum absolute atomic E-state index is 9.89. The summed E-state index contributed by atoms with van der Waals surface area (Å²) in [5, 5.41) is 9.89. The molecular formula is C16H35N3OS2. The highest BCUT2D eigenvalue weighted by Gasteiger charge is 2.30. The van der Waals surface area contributed by atoms with E-state index in [9.17, 15) is 5.11 Å². The van der Waals surface area contributed by atoms with E-state index in [-0.39, 0.29) is 18.1 Å². The van der Waals surface area contributed by atoms with Gasteiger partial charge in [0.2, 0.25) is 0 Å². The van der Waals surface area contributed by atoms with Crippen LogP contribution in [0.5, 0.6) is 0 Å². The lowest BCUT2D eigenvalue weighted by atomic mass is 9.86. The van der Waals surface area contributed by atoms with Crippen LogP contribution >= 0.6 is 25.3 Å². The van der Waals surface area contributed by atoms with Crippen molar-refractivity contribution in [2.45, 2.75) is 26.8 Å². The fourth-order valence-electron chi connectivity index (χ4n) is 3.14. The van der Waals surface area contributed by atoms with Crippen LogP contribution in [0.15, 0.2) is 0 Å². The van der Waals surface area contributed by atoms with E-state index in [4.69, 9.17) is 0 Å². The highest BCUT2D eigenvalue weighted by Crippen LogP contribution is 2.24. The minimum absolute atomic E-state index is 0.0888. The normalized spacial score (nSPS) is 22.1. The van der Waals surface area contributed by atoms with Gasteiger partial charge >= 0.3 is 0 Å². The minimum Gasteiger partial charge on any atom is -0.395 e. The zero-order valence-corrected chi connectivity index (χ0v) is 16.3. The van der Waals surface area contributed by atoms with Gasteiger partial charge in [0.1, 0.15) is 0 Å². The van der Waals surface area contributed by atoms with Gasteiger partial charge in [0, 0.05) is 69.9 Å². The van der Waals surface area contributed by atoms with E-state index < -0.39 is 0 Å². The van der Waals surface area contributed by atoms with Gasteiger partial charge in [-0.25, -0.2) is 0 Å². The Labute approximate surface area is 148 Å².